The summed E-state index contributed by atoms with van der Waals surface area (Å²) in [4.78, 5) is 12.2. The number of nitrogens with one attached hydrogen (secondary N) is 1. The lowest BCUT2D eigenvalue weighted by Gasteiger charge is -2.13. The van der Waals surface area contributed by atoms with Gasteiger partial charge in [-0.3, -0.25) is 4.79 Å². The summed E-state index contributed by atoms with van der Waals surface area (Å²) < 4.78 is 12.4. The first kappa shape index (κ1) is 23.2. The number of anilines is 1. The molecule has 0 aromatic heterocycles. The third kappa shape index (κ3) is 6.74. The molecular formula is C25H25BrClNO3. The van der Waals surface area contributed by atoms with Crippen LogP contribution in [0, 0.1) is 13.8 Å². The van der Waals surface area contributed by atoms with Crippen LogP contribution in [0.1, 0.15) is 29.5 Å². The number of amides is 1. The van der Waals surface area contributed by atoms with E-state index in [0.29, 0.717) is 26.1 Å². The van der Waals surface area contributed by atoms with Gasteiger partial charge in [0.2, 0.25) is 5.91 Å². The molecule has 3 aromatic carbocycles. The van der Waals surface area contributed by atoms with Gasteiger partial charge in [0.1, 0.15) is 18.1 Å². The Labute approximate surface area is 196 Å². The number of aryl methyl sites for hydroxylation is 1. The number of halogens is 2. The van der Waals surface area contributed by atoms with Gasteiger partial charge in [-0.25, -0.2) is 0 Å². The van der Waals surface area contributed by atoms with Crippen molar-refractivity contribution in [2.45, 2.75) is 33.3 Å². The molecule has 1 N–H and O–H groups in total. The van der Waals surface area contributed by atoms with Crippen LogP contribution in [0.3, 0.4) is 0 Å². The number of hydrogen-bond acceptors (Lipinski definition) is 3. The molecule has 1 amide bonds. The molecule has 31 heavy (non-hydrogen) atoms. The molecule has 0 aliphatic heterocycles. The molecule has 162 valence electrons. The molecule has 0 atom stereocenters. The highest BCUT2D eigenvalue weighted by Gasteiger charge is 2.11. The maximum Gasteiger partial charge on any atom is 0.224 e. The summed E-state index contributed by atoms with van der Waals surface area (Å²) in [7, 11) is 0. The first-order valence-electron chi connectivity index (χ1n) is 10.1. The molecule has 3 rings (SSSR count). The van der Waals surface area contributed by atoms with Gasteiger partial charge in [0.15, 0.2) is 0 Å². The van der Waals surface area contributed by atoms with Crippen molar-refractivity contribution < 1.29 is 14.3 Å². The second kappa shape index (κ2) is 11.2. The fourth-order valence-corrected chi connectivity index (χ4v) is 3.71. The standard InChI is InChI=1S/C25H25BrClNO3/c1-17-15-22(24(26)18(2)25(17)27)30-14-6-9-23(29)28-20-10-12-21(13-11-20)31-16-19-7-4-3-5-8-19/h3-5,7-8,10-13,15H,6,9,14,16H2,1-2H3,(H,28,29). The Bertz CT molecular complexity index is 1020. The molecule has 0 bridgehead atoms. The van der Waals surface area contributed by atoms with Crippen molar-refractivity contribution in [2.24, 2.45) is 0 Å². The van der Waals surface area contributed by atoms with E-state index in [2.05, 4.69) is 21.2 Å². The Balaban J connectivity index is 1.41. The predicted octanol–water partition coefficient (Wildman–Crippen LogP) is 7.10. The van der Waals surface area contributed by atoms with Crippen molar-refractivity contribution in [2.75, 3.05) is 11.9 Å². The summed E-state index contributed by atoms with van der Waals surface area (Å²) in [5.41, 5.74) is 3.76. The molecule has 0 saturated heterocycles. The van der Waals surface area contributed by atoms with Gasteiger partial charge in [-0.2, -0.15) is 0 Å². The van der Waals surface area contributed by atoms with Crippen LogP contribution in [0.25, 0.3) is 0 Å². The summed E-state index contributed by atoms with van der Waals surface area (Å²) in [6, 6.07) is 19.3. The van der Waals surface area contributed by atoms with Gasteiger partial charge in [-0.1, -0.05) is 41.9 Å². The minimum atomic E-state index is -0.0518. The van der Waals surface area contributed by atoms with Crippen LogP contribution in [0.5, 0.6) is 11.5 Å². The van der Waals surface area contributed by atoms with Crippen LogP contribution in [-0.4, -0.2) is 12.5 Å². The Hall–Kier alpha value is -2.50. The van der Waals surface area contributed by atoms with Crippen molar-refractivity contribution >= 4 is 39.1 Å². The van der Waals surface area contributed by atoms with E-state index in [1.807, 2.05) is 74.5 Å². The average molecular weight is 503 g/mol. The average Bonchev–Trinajstić information content (AvgIpc) is 2.78. The van der Waals surface area contributed by atoms with E-state index >= 15 is 0 Å². The smallest absolute Gasteiger partial charge is 0.224 e. The largest absolute Gasteiger partial charge is 0.492 e. The molecule has 0 radical (unpaired) electrons. The molecule has 0 aliphatic rings. The summed E-state index contributed by atoms with van der Waals surface area (Å²) in [6.07, 6.45) is 0.979. The zero-order chi connectivity index (χ0) is 22.2. The van der Waals surface area contributed by atoms with E-state index in [0.717, 1.165) is 43.4 Å². The number of carbonyl (C=O) groups is 1. The Morgan fingerprint density at radius 3 is 2.45 bits per heavy atom. The third-order valence-corrected chi connectivity index (χ3v) is 6.33. The molecule has 4 nitrogen and oxygen atoms in total. The number of hydrogen-bond donors (Lipinski definition) is 1. The van der Waals surface area contributed by atoms with Crippen LogP contribution in [0.2, 0.25) is 5.02 Å². The van der Waals surface area contributed by atoms with E-state index in [9.17, 15) is 4.79 Å². The van der Waals surface area contributed by atoms with Gasteiger partial charge in [-0.15, -0.1) is 0 Å². The molecule has 3 aromatic rings. The maximum absolute atomic E-state index is 12.2. The number of carbonyl (C=O) groups excluding carboxylic acids is 1. The monoisotopic (exact) mass is 501 g/mol. The van der Waals surface area contributed by atoms with E-state index in [4.69, 9.17) is 21.1 Å². The SMILES string of the molecule is Cc1cc(OCCCC(=O)Nc2ccc(OCc3ccccc3)cc2)c(Br)c(C)c1Cl. The number of rotatable bonds is 9. The normalized spacial score (nSPS) is 10.6. The van der Waals surface area contributed by atoms with Gasteiger partial charge in [-0.05, 0) is 83.2 Å². The van der Waals surface area contributed by atoms with Crippen molar-refractivity contribution in [3.63, 3.8) is 0 Å². The fourth-order valence-electron chi connectivity index (χ4n) is 3.02. The highest BCUT2D eigenvalue weighted by Crippen LogP contribution is 2.35. The molecule has 6 heteroatoms. The zero-order valence-electron chi connectivity index (χ0n) is 17.6. The van der Waals surface area contributed by atoms with Crippen LogP contribution in [-0.2, 0) is 11.4 Å². The summed E-state index contributed by atoms with van der Waals surface area (Å²) in [6.45, 7) is 4.84. The lowest BCUT2D eigenvalue weighted by molar-refractivity contribution is -0.116. The van der Waals surface area contributed by atoms with Crippen molar-refractivity contribution in [3.8, 4) is 11.5 Å². The maximum atomic E-state index is 12.2. The first-order chi connectivity index (χ1) is 14.9. The van der Waals surface area contributed by atoms with E-state index in [1.54, 1.807) is 0 Å². The fraction of sp³-hybridized carbons (Fsp3) is 0.240. The minimum Gasteiger partial charge on any atom is -0.492 e. The van der Waals surface area contributed by atoms with Gasteiger partial charge >= 0.3 is 0 Å². The Morgan fingerprint density at radius 2 is 1.74 bits per heavy atom. The summed E-state index contributed by atoms with van der Waals surface area (Å²) in [5.74, 6) is 1.45. The summed E-state index contributed by atoms with van der Waals surface area (Å²) in [5, 5.41) is 3.63. The highest BCUT2D eigenvalue weighted by molar-refractivity contribution is 9.10. The molecule has 0 spiro atoms. The minimum absolute atomic E-state index is 0.0518. The van der Waals surface area contributed by atoms with Crippen LogP contribution < -0.4 is 14.8 Å². The van der Waals surface area contributed by atoms with Gasteiger partial charge < -0.3 is 14.8 Å². The number of benzene rings is 3. The van der Waals surface area contributed by atoms with E-state index in [1.165, 1.54) is 0 Å². The van der Waals surface area contributed by atoms with E-state index in [-0.39, 0.29) is 5.91 Å². The highest BCUT2D eigenvalue weighted by atomic mass is 79.9. The predicted molar refractivity (Wildman–Crippen MR) is 129 cm³/mol. The van der Waals surface area contributed by atoms with Crippen molar-refractivity contribution in [1.29, 1.82) is 0 Å². The van der Waals surface area contributed by atoms with Crippen molar-refractivity contribution in [3.05, 3.63) is 86.8 Å². The van der Waals surface area contributed by atoms with Crippen LogP contribution in [0.4, 0.5) is 5.69 Å². The third-order valence-electron chi connectivity index (χ3n) is 4.76. The number of ether oxygens (including phenoxy) is 2. The lowest BCUT2D eigenvalue weighted by atomic mass is 10.1. The second-order valence-electron chi connectivity index (χ2n) is 7.24. The topological polar surface area (TPSA) is 47.6 Å². The van der Waals surface area contributed by atoms with Crippen molar-refractivity contribution in [1.82, 2.24) is 0 Å². The first-order valence-corrected chi connectivity index (χ1v) is 11.3. The molecule has 0 aliphatic carbocycles. The second-order valence-corrected chi connectivity index (χ2v) is 8.41. The Kier molecular flexibility index (Phi) is 8.38. The molecular weight excluding hydrogens is 478 g/mol. The van der Waals surface area contributed by atoms with Crippen LogP contribution in [0.15, 0.2) is 65.1 Å². The van der Waals surface area contributed by atoms with E-state index < -0.39 is 0 Å². The quantitative estimate of drug-likeness (QED) is 0.318. The molecule has 0 heterocycles. The molecule has 0 unspecified atom stereocenters. The van der Waals surface area contributed by atoms with Gasteiger partial charge in [0, 0.05) is 17.1 Å². The molecule has 0 fully saturated rings. The van der Waals surface area contributed by atoms with Gasteiger partial charge in [0.25, 0.3) is 0 Å². The van der Waals surface area contributed by atoms with Crippen LogP contribution >= 0.6 is 27.5 Å². The van der Waals surface area contributed by atoms with Gasteiger partial charge in [0.05, 0.1) is 11.1 Å². The molecule has 0 saturated carbocycles. The lowest BCUT2D eigenvalue weighted by Crippen LogP contribution is -2.13. The Morgan fingerprint density at radius 1 is 1.03 bits per heavy atom. The summed E-state index contributed by atoms with van der Waals surface area (Å²) >= 11 is 9.77. The zero-order valence-corrected chi connectivity index (χ0v) is 19.9.